The van der Waals surface area contributed by atoms with Gasteiger partial charge in [0.05, 0.1) is 26.4 Å². The van der Waals surface area contributed by atoms with Crippen molar-refractivity contribution in [2.75, 3.05) is 39.6 Å². The molecule has 86 heavy (non-hydrogen) atoms. The molecule has 17 nitrogen and oxygen atoms in total. The van der Waals surface area contributed by atoms with E-state index in [4.69, 9.17) is 37.0 Å². The Kier molecular flexibility index (Phi) is 55.7. The second kappa shape index (κ2) is 57.0. The maximum absolute atomic E-state index is 13.0. The number of hydrogen-bond donors (Lipinski definition) is 3. The first-order chi connectivity index (χ1) is 41.2. The van der Waals surface area contributed by atoms with Crippen LogP contribution >= 0.6 is 15.6 Å². The van der Waals surface area contributed by atoms with Gasteiger partial charge in [0.2, 0.25) is 0 Å². The first kappa shape index (κ1) is 84.1. The fourth-order valence-corrected chi connectivity index (χ4v) is 11.5. The molecule has 0 aliphatic rings. The Morgan fingerprint density at radius 3 is 0.826 bits per heavy atom. The van der Waals surface area contributed by atoms with Crippen LogP contribution in [0.1, 0.15) is 325 Å². The summed E-state index contributed by atoms with van der Waals surface area (Å²) in [6, 6.07) is 0. The Hall–Kier alpha value is -1.94. The molecule has 0 aromatic rings. The highest BCUT2D eigenvalue weighted by Crippen LogP contribution is 2.45. The van der Waals surface area contributed by atoms with Gasteiger partial charge in [-0.3, -0.25) is 37.3 Å². The number of esters is 4. The van der Waals surface area contributed by atoms with Gasteiger partial charge in [0, 0.05) is 25.7 Å². The molecule has 0 saturated carbocycles. The number of aliphatic hydroxyl groups is 1. The van der Waals surface area contributed by atoms with E-state index >= 15 is 0 Å². The van der Waals surface area contributed by atoms with Crippen molar-refractivity contribution in [3.8, 4) is 0 Å². The van der Waals surface area contributed by atoms with Gasteiger partial charge in [0.25, 0.3) is 0 Å². The molecule has 0 heterocycles. The maximum atomic E-state index is 13.0. The molecular formula is C67H130O17P2. The molecule has 510 valence electrons. The summed E-state index contributed by atoms with van der Waals surface area (Å²) in [4.78, 5) is 72.4. The van der Waals surface area contributed by atoms with Crippen molar-refractivity contribution in [1.29, 1.82) is 0 Å². The van der Waals surface area contributed by atoms with Gasteiger partial charge in [0.1, 0.15) is 19.3 Å². The van der Waals surface area contributed by atoms with Crippen LogP contribution in [0.25, 0.3) is 0 Å². The zero-order valence-corrected chi connectivity index (χ0v) is 57.7. The highest BCUT2D eigenvalue weighted by Gasteiger charge is 2.30. The third kappa shape index (κ3) is 58.4. The van der Waals surface area contributed by atoms with Crippen LogP contribution in [0.4, 0.5) is 0 Å². The van der Waals surface area contributed by atoms with Gasteiger partial charge < -0.3 is 33.8 Å². The molecule has 0 radical (unpaired) electrons. The van der Waals surface area contributed by atoms with Gasteiger partial charge in [-0.15, -0.1) is 0 Å². The summed E-state index contributed by atoms with van der Waals surface area (Å²) in [5, 5.41) is 10.6. The first-order valence-corrected chi connectivity index (χ1v) is 37.8. The van der Waals surface area contributed by atoms with Crippen LogP contribution in [0.3, 0.4) is 0 Å². The fraction of sp³-hybridized carbons (Fsp3) is 0.940. The van der Waals surface area contributed by atoms with E-state index in [1.54, 1.807) is 0 Å². The second-order valence-corrected chi connectivity index (χ2v) is 28.6. The minimum Gasteiger partial charge on any atom is -0.462 e. The number of carbonyl (C=O) groups excluding carboxylic acids is 4. The summed E-state index contributed by atoms with van der Waals surface area (Å²) in [6.07, 6.45) is 37.6. The number of carbonyl (C=O) groups is 4. The van der Waals surface area contributed by atoms with Crippen LogP contribution in [0.15, 0.2) is 0 Å². The van der Waals surface area contributed by atoms with E-state index in [0.29, 0.717) is 25.7 Å². The Labute approximate surface area is 524 Å². The summed E-state index contributed by atoms with van der Waals surface area (Å²) >= 11 is 0. The zero-order chi connectivity index (χ0) is 63.9. The molecule has 0 bridgehead atoms. The van der Waals surface area contributed by atoms with Crippen LogP contribution in [-0.4, -0.2) is 96.7 Å². The molecule has 0 amide bonds. The molecule has 0 aromatic carbocycles. The minimum atomic E-state index is -4.95. The number of rotatable bonds is 64. The number of hydrogen-bond acceptors (Lipinski definition) is 15. The summed E-state index contributed by atoms with van der Waals surface area (Å²) in [5.41, 5.74) is 0. The standard InChI is InChI=1S/C67H130O17P2/c1-9-59(7)45-37-29-23-25-32-40-48-65(70)78-54-63(84-67(72)50-42-34-26-24-30-38-46-60(8)10-2)56-82-86(75,76)80-52-61(68)51-79-85(73,74)81-55-62(83-66(71)49-41-33-22-18-14-12-16-20-28-36-44-58(5)6)53-77-64(69)47-39-31-21-17-13-11-15-19-27-35-43-57(3)4/h57-63,68H,9-56H2,1-8H3,(H,73,74)(H,75,76)/t59?,60?,61-,62-,63-/m1/s1. The number of phosphoric acid groups is 2. The van der Waals surface area contributed by atoms with E-state index in [1.165, 1.54) is 122 Å². The van der Waals surface area contributed by atoms with Gasteiger partial charge in [-0.1, -0.05) is 274 Å². The largest absolute Gasteiger partial charge is 0.472 e. The average molecular weight is 1270 g/mol. The third-order valence-corrected chi connectivity index (χ3v) is 17.9. The third-order valence-electron chi connectivity index (χ3n) is 16.0. The molecule has 4 unspecified atom stereocenters. The second-order valence-electron chi connectivity index (χ2n) is 25.6. The molecule has 3 N–H and O–H groups in total. The lowest BCUT2D eigenvalue weighted by Gasteiger charge is -2.21. The zero-order valence-electron chi connectivity index (χ0n) is 55.9. The molecule has 0 aromatic heterocycles. The van der Waals surface area contributed by atoms with Crippen LogP contribution < -0.4 is 0 Å². The van der Waals surface area contributed by atoms with Crippen LogP contribution in [0.5, 0.6) is 0 Å². The number of unbranched alkanes of at least 4 members (excludes halogenated alkanes) is 28. The average Bonchev–Trinajstić information content (AvgIpc) is 3.55. The normalized spacial score (nSPS) is 15.0. The Bertz CT molecular complexity index is 1720. The molecule has 0 aliphatic carbocycles. The predicted molar refractivity (Wildman–Crippen MR) is 344 cm³/mol. The van der Waals surface area contributed by atoms with Gasteiger partial charge in [-0.2, -0.15) is 0 Å². The molecule has 0 rings (SSSR count). The lowest BCUT2D eigenvalue weighted by molar-refractivity contribution is -0.161. The molecule has 19 heteroatoms. The monoisotopic (exact) mass is 1270 g/mol. The van der Waals surface area contributed by atoms with Gasteiger partial charge in [-0.25, -0.2) is 9.13 Å². The molecule has 0 spiro atoms. The minimum absolute atomic E-state index is 0.101. The first-order valence-electron chi connectivity index (χ1n) is 34.8. The SMILES string of the molecule is CCC(C)CCCCCCCCC(=O)OC[C@H](COP(=O)(O)OC[C@H](O)COP(=O)(O)OC[C@@H](COC(=O)CCCCCCCCCCCCC(C)C)OC(=O)CCCCCCCCCCCCC(C)C)OC(=O)CCCCCCCCC(C)CC. The summed E-state index contributed by atoms with van der Waals surface area (Å²) in [6.45, 7) is 14.0. The van der Waals surface area contributed by atoms with Crippen molar-refractivity contribution < 1.29 is 80.2 Å². The van der Waals surface area contributed by atoms with Crippen molar-refractivity contribution in [3.05, 3.63) is 0 Å². The van der Waals surface area contributed by atoms with Crippen molar-refractivity contribution >= 4 is 39.5 Å². The molecule has 0 aliphatic heterocycles. The van der Waals surface area contributed by atoms with E-state index < -0.39 is 97.5 Å². The van der Waals surface area contributed by atoms with Crippen LogP contribution in [0.2, 0.25) is 0 Å². The number of aliphatic hydroxyl groups excluding tert-OH is 1. The Balaban J connectivity index is 5.27. The highest BCUT2D eigenvalue weighted by molar-refractivity contribution is 7.47. The quantitative estimate of drug-likeness (QED) is 0.0222. The predicted octanol–water partition coefficient (Wildman–Crippen LogP) is 18.5. The molecular weight excluding hydrogens is 1140 g/mol. The Morgan fingerprint density at radius 1 is 0.326 bits per heavy atom. The van der Waals surface area contributed by atoms with Crippen LogP contribution in [-0.2, 0) is 65.4 Å². The highest BCUT2D eigenvalue weighted by atomic mass is 31.2. The molecule has 0 fully saturated rings. The molecule has 0 saturated heterocycles. The van der Waals surface area contributed by atoms with Crippen molar-refractivity contribution in [2.45, 2.75) is 343 Å². The summed E-state index contributed by atoms with van der Waals surface area (Å²) in [7, 11) is -9.90. The van der Waals surface area contributed by atoms with Gasteiger partial charge in [0.15, 0.2) is 12.2 Å². The topological polar surface area (TPSA) is 237 Å². The number of phosphoric ester groups is 2. The smallest absolute Gasteiger partial charge is 0.462 e. The van der Waals surface area contributed by atoms with Gasteiger partial charge in [-0.05, 0) is 49.4 Å². The number of ether oxygens (including phenoxy) is 4. The summed E-state index contributed by atoms with van der Waals surface area (Å²) in [5.74, 6) is 0.825. The summed E-state index contributed by atoms with van der Waals surface area (Å²) < 4.78 is 68.1. The Morgan fingerprint density at radius 2 is 0.558 bits per heavy atom. The lowest BCUT2D eigenvalue weighted by Crippen LogP contribution is -2.30. The van der Waals surface area contributed by atoms with E-state index in [0.717, 1.165) is 120 Å². The van der Waals surface area contributed by atoms with E-state index in [1.807, 2.05) is 0 Å². The van der Waals surface area contributed by atoms with Crippen molar-refractivity contribution in [2.24, 2.45) is 23.7 Å². The molecule has 7 atom stereocenters. The van der Waals surface area contributed by atoms with E-state index in [2.05, 4.69) is 55.4 Å². The lowest BCUT2D eigenvalue weighted by atomic mass is 10.00. The van der Waals surface area contributed by atoms with Crippen molar-refractivity contribution in [3.63, 3.8) is 0 Å². The van der Waals surface area contributed by atoms with Gasteiger partial charge >= 0.3 is 39.5 Å². The fourth-order valence-electron chi connectivity index (χ4n) is 9.89. The maximum Gasteiger partial charge on any atom is 0.472 e. The van der Waals surface area contributed by atoms with E-state index in [9.17, 15) is 43.2 Å². The van der Waals surface area contributed by atoms with E-state index in [-0.39, 0.29) is 25.7 Å². The van der Waals surface area contributed by atoms with Crippen LogP contribution in [0, 0.1) is 23.7 Å². The van der Waals surface area contributed by atoms with Crippen molar-refractivity contribution in [1.82, 2.24) is 0 Å².